The van der Waals surface area contributed by atoms with E-state index in [9.17, 15) is 9.59 Å². The fraction of sp³-hybridized carbons (Fsp3) is 0.400. The van der Waals surface area contributed by atoms with E-state index in [1.54, 1.807) is 26.4 Å². The summed E-state index contributed by atoms with van der Waals surface area (Å²) in [6.07, 6.45) is 1.44. The van der Waals surface area contributed by atoms with Crippen molar-refractivity contribution in [3.63, 3.8) is 0 Å². The monoisotopic (exact) mass is 242 g/mol. The Hall–Kier alpha value is -1.43. The van der Waals surface area contributed by atoms with Crippen LogP contribution in [0.3, 0.4) is 0 Å². The van der Waals surface area contributed by atoms with Crippen molar-refractivity contribution >= 4 is 23.6 Å². The minimum Gasteiger partial charge on any atom is -0.461 e. The molecule has 1 heterocycles. The van der Waals surface area contributed by atoms with Crippen LogP contribution in [0, 0.1) is 0 Å². The zero-order valence-corrected chi connectivity index (χ0v) is 10.3. The molecule has 0 fully saturated rings. The van der Waals surface area contributed by atoms with Gasteiger partial charge in [0.05, 0.1) is 11.6 Å². The number of amides is 1. The van der Waals surface area contributed by atoms with Crippen molar-refractivity contribution in [1.82, 2.24) is 10.2 Å². The molecular weight excluding hydrogens is 228 g/mol. The van der Waals surface area contributed by atoms with Gasteiger partial charge in [-0.05, 0) is 6.92 Å². The standard InChI is InChI=1S/C10H14N2O3S/c1-4-15-10(14)7-6-16-8(11-7)5-9(13)12(2)3/h5-6,11H,4H2,1-3H3/b8-5-. The summed E-state index contributed by atoms with van der Waals surface area (Å²) in [5.41, 5.74) is 0.365. The van der Waals surface area contributed by atoms with Crippen LogP contribution in [-0.2, 0) is 14.3 Å². The number of nitrogens with zero attached hydrogens (tertiary/aromatic N) is 1. The summed E-state index contributed by atoms with van der Waals surface area (Å²) >= 11 is 1.29. The molecule has 0 aromatic rings. The molecule has 0 saturated heterocycles. The highest BCUT2D eigenvalue weighted by Gasteiger charge is 2.18. The van der Waals surface area contributed by atoms with Crippen LogP contribution in [0.5, 0.6) is 0 Å². The third-order valence-corrected chi connectivity index (χ3v) is 2.58. The first kappa shape index (κ1) is 12.6. The lowest BCUT2D eigenvalue weighted by molar-refractivity contribution is -0.138. The summed E-state index contributed by atoms with van der Waals surface area (Å²) in [7, 11) is 3.33. The summed E-state index contributed by atoms with van der Waals surface area (Å²) in [5.74, 6) is -0.538. The lowest BCUT2D eigenvalue weighted by Gasteiger charge is -2.07. The summed E-state index contributed by atoms with van der Waals surface area (Å²) in [4.78, 5) is 24.1. The average molecular weight is 242 g/mol. The van der Waals surface area contributed by atoms with E-state index in [1.165, 1.54) is 22.7 Å². The topological polar surface area (TPSA) is 58.6 Å². The predicted molar refractivity (Wildman–Crippen MR) is 62.2 cm³/mol. The Kier molecular flexibility index (Phi) is 4.42. The van der Waals surface area contributed by atoms with Gasteiger partial charge in [0.2, 0.25) is 5.91 Å². The summed E-state index contributed by atoms with van der Waals surface area (Å²) < 4.78 is 4.82. The van der Waals surface area contributed by atoms with Gasteiger partial charge in [-0.2, -0.15) is 0 Å². The molecule has 0 aromatic heterocycles. The number of carbonyl (C=O) groups excluding carboxylic acids is 2. The molecule has 0 saturated carbocycles. The maximum absolute atomic E-state index is 11.4. The molecule has 16 heavy (non-hydrogen) atoms. The number of ether oxygens (including phenoxy) is 1. The highest BCUT2D eigenvalue weighted by molar-refractivity contribution is 8.06. The fourth-order valence-electron chi connectivity index (χ4n) is 0.933. The van der Waals surface area contributed by atoms with Crippen LogP contribution in [0.4, 0.5) is 0 Å². The van der Waals surface area contributed by atoms with Gasteiger partial charge in [0.25, 0.3) is 0 Å². The molecule has 0 atom stereocenters. The second-order valence-corrected chi connectivity index (χ2v) is 4.15. The van der Waals surface area contributed by atoms with Gasteiger partial charge >= 0.3 is 5.97 Å². The van der Waals surface area contributed by atoms with Crippen molar-refractivity contribution in [2.75, 3.05) is 20.7 Å². The lowest BCUT2D eigenvalue weighted by atomic mass is 10.4. The molecule has 6 heteroatoms. The van der Waals surface area contributed by atoms with E-state index in [-0.39, 0.29) is 5.91 Å². The number of hydrogen-bond donors (Lipinski definition) is 1. The summed E-state index contributed by atoms with van der Waals surface area (Å²) in [5, 5.41) is 5.08. The SMILES string of the molecule is CCOC(=O)C1=CS/C(=C\C(=O)N(C)C)N1. The zero-order valence-electron chi connectivity index (χ0n) is 9.44. The van der Waals surface area contributed by atoms with Crippen molar-refractivity contribution in [2.45, 2.75) is 6.92 Å². The van der Waals surface area contributed by atoms with E-state index in [0.717, 1.165) is 0 Å². The molecule has 0 aromatic carbocycles. The first-order valence-electron chi connectivity index (χ1n) is 4.78. The third kappa shape index (κ3) is 3.30. The third-order valence-electron chi connectivity index (χ3n) is 1.75. The van der Waals surface area contributed by atoms with Crippen molar-refractivity contribution < 1.29 is 14.3 Å². The molecule has 1 amide bonds. The Morgan fingerprint density at radius 3 is 2.81 bits per heavy atom. The van der Waals surface area contributed by atoms with Crippen LogP contribution < -0.4 is 5.32 Å². The van der Waals surface area contributed by atoms with Crippen molar-refractivity contribution in [1.29, 1.82) is 0 Å². The highest BCUT2D eigenvalue weighted by atomic mass is 32.2. The summed E-state index contributed by atoms with van der Waals surface area (Å²) in [6, 6.07) is 0. The van der Waals surface area contributed by atoms with Gasteiger partial charge in [-0.25, -0.2) is 4.79 Å². The first-order valence-corrected chi connectivity index (χ1v) is 5.66. The summed E-state index contributed by atoms with van der Waals surface area (Å²) in [6.45, 7) is 2.07. The molecule has 88 valence electrons. The van der Waals surface area contributed by atoms with Gasteiger partial charge < -0.3 is 15.0 Å². The van der Waals surface area contributed by atoms with Crippen LogP contribution in [0.25, 0.3) is 0 Å². The van der Waals surface area contributed by atoms with Gasteiger partial charge in [0.15, 0.2) is 0 Å². The van der Waals surface area contributed by atoms with Crippen molar-refractivity contribution in [3.8, 4) is 0 Å². The number of nitrogens with one attached hydrogen (secondary N) is 1. The predicted octanol–water partition coefficient (Wildman–Crippen LogP) is 0.657. The quantitative estimate of drug-likeness (QED) is 0.582. The van der Waals surface area contributed by atoms with E-state index < -0.39 is 5.97 Å². The van der Waals surface area contributed by atoms with Crippen LogP contribution in [0.1, 0.15) is 6.92 Å². The van der Waals surface area contributed by atoms with E-state index in [1.807, 2.05) is 0 Å². The zero-order chi connectivity index (χ0) is 12.1. The second kappa shape index (κ2) is 5.60. The van der Waals surface area contributed by atoms with Gasteiger partial charge in [-0.15, -0.1) is 0 Å². The largest absolute Gasteiger partial charge is 0.461 e. The molecule has 1 aliphatic heterocycles. The van der Waals surface area contributed by atoms with E-state index in [4.69, 9.17) is 4.74 Å². The minimum absolute atomic E-state index is 0.131. The number of rotatable bonds is 3. The Balaban J connectivity index is 2.57. The van der Waals surface area contributed by atoms with E-state index >= 15 is 0 Å². The first-order chi connectivity index (χ1) is 7.54. The van der Waals surface area contributed by atoms with Crippen LogP contribution in [-0.4, -0.2) is 37.5 Å². The maximum atomic E-state index is 11.4. The van der Waals surface area contributed by atoms with Crippen molar-refractivity contribution in [2.24, 2.45) is 0 Å². The van der Waals surface area contributed by atoms with Crippen LogP contribution in [0.2, 0.25) is 0 Å². The van der Waals surface area contributed by atoms with Crippen LogP contribution in [0.15, 0.2) is 22.2 Å². The molecule has 0 unspecified atom stereocenters. The number of carbonyl (C=O) groups is 2. The molecule has 5 nitrogen and oxygen atoms in total. The molecule has 1 aliphatic rings. The Morgan fingerprint density at radius 2 is 2.25 bits per heavy atom. The average Bonchev–Trinajstić information content (AvgIpc) is 2.66. The molecule has 0 spiro atoms. The second-order valence-electron chi connectivity index (χ2n) is 3.24. The molecular formula is C10H14N2O3S. The Morgan fingerprint density at radius 1 is 1.56 bits per heavy atom. The van der Waals surface area contributed by atoms with Crippen molar-refractivity contribution in [3.05, 3.63) is 22.2 Å². The van der Waals surface area contributed by atoms with Gasteiger partial charge in [-0.3, -0.25) is 4.79 Å². The molecule has 0 radical (unpaired) electrons. The fourth-order valence-corrected chi connectivity index (χ4v) is 1.67. The number of hydrogen-bond acceptors (Lipinski definition) is 5. The molecule has 1 N–H and O–H groups in total. The van der Waals surface area contributed by atoms with Gasteiger partial charge in [0.1, 0.15) is 5.70 Å². The van der Waals surface area contributed by atoms with E-state index in [0.29, 0.717) is 17.3 Å². The lowest BCUT2D eigenvalue weighted by Crippen LogP contribution is -2.22. The van der Waals surface area contributed by atoms with Gasteiger partial charge in [-0.1, -0.05) is 11.8 Å². The van der Waals surface area contributed by atoms with Crippen LogP contribution >= 0.6 is 11.8 Å². The minimum atomic E-state index is -0.407. The number of thioether (sulfide) groups is 1. The normalized spacial score (nSPS) is 16.7. The number of likely N-dealkylation sites (N-methyl/N-ethyl adjacent to an activating group) is 1. The Bertz CT molecular complexity index is 361. The highest BCUT2D eigenvalue weighted by Crippen LogP contribution is 2.24. The Labute approximate surface area is 98.5 Å². The molecule has 1 rings (SSSR count). The molecule has 0 aliphatic carbocycles. The smallest absolute Gasteiger partial charge is 0.355 e. The maximum Gasteiger partial charge on any atom is 0.355 e. The molecule has 0 bridgehead atoms. The van der Waals surface area contributed by atoms with Gasteiger partial charge in [0, 0.05) is 25.6 Å². The van der Waals surface area contributed by atoms with E-state index in [2.05, 4.69) is 5.32 Å². The number of esters is 1.